The minimum absolute atomic E-state index is 0.231. The zero-order valence-corrected chi connectivity index (χ0v) is 10.4. The van der Waals surface area contributed by atoms with E-state index in [1.807, 2.05) is 0 Å². The Morgan fingerprint density at radius 3 is 1.57 bits per heavy atom. The minimum atomic E-state index is 0.231. The minimum Gasteiger partial charge on any atom is -0.330 e. The Labute approximate surface area is 89.1 Å². The Hall–Kier alpha value is -0.560. The summed E-state index contributed by atoms with van der Waals surface area (Å²) in [6.45, 7) is 11.6. The highest BCUT2D eigenvalue weighted by molar-refractivity contribution is 5.02. The SMILES string of the molecule is CC(C)=CCC(C)(CN)CC=C(C)C. The van der Waals surface area contributed by atoms with Crippen molar-refractivity contribution in [2.24, 2.45) is 11.1 Å². The van der Waals surface area contributed by atoms with E-state index in [9.17, 15) is 0 Å². The molecule has 0 aliphatic heterocycles. The van der Waals surface area contributed by atoms with Crippen LogP contribution >= 0.6 is 0 Å². The van der Waals surface area contributed by atoms with Gasteiger partial charge >= 0.3 is 0 Å². The number of nitrogens with two attached hydrogens (primary N) is 1. The van der Waals surface area contributed by atoms with Gasteiger partial charge in [0.15, 0.2) is 0 Å². The number of rotatable bonds is 5. The van der Waals surface area contributed by atoms with Gasteiger partial charge in [0.25, 0.3) is 0 Å². The predicted molar refractivity (Wildman–Crippen MR) is 65.3 cm³/mol. The highest BCUT2D eigenvalue weighted by Gasteiger charge is 2.19. The van der Waals surface area contributed by atoms with Crippen molar-refractivity contribution in [1.82, 2.24) is 0 Å². The fourth-order valence-electron chi connectivity index (χ4n) is 1.15. The maximum Gasteiger partial charge on any atom is -0.00172 e. The summed E-state index contributed by atoms with van der Waals surface area (Å²) in [5.41, 5.74) is 8.81. The van der Waals surface area contributed by atoms with Crippen molar-refractivity contribution in [3.63, 3.8) is 0 Å². The quantitative estimate of drug-likeness (QED) is 0.666. The average Bonchev–Trinajstić information content (AvgIpc) is 2.11. The summed E-state index contributed by atoms with van der Waals surface area (Å²) in [5, 5.41) is 0. The summed E-state index contributed by atoms with van der Waals surface area (Å²) in [5.74, 6) is 0. The van der Waals surface area contributed by atoms with E-state index in [0.29, 0.717) is 0 Å². The maximum absolute atomic E-state index is 5.82. The predicted octanol–water partition coefficient (Wildman–Crippen LogP) is 3.66. The van der Waals surface area contributed by atoms with Crippen molar-refractivity contribution in [1.29, 1.82) is 0 Å². The first-order chi connectivity index (χ1) is 6.39. The molecule has 0 heterocycles. The molecule has 0 bridgehead atoms. The molecule has 0 amide bonds. The van der Waals surface area contributed by atoms with E-state index in [1.54, 1.807) is 0 Å². The molecule has 2 N–H and O–H groups in total. The van der Waals surface area contributed by atoms with Crippen molar-refractivity contribution in [3.05, 3.63) is 23.3 Å². The van der Waals surface area contributed by atoms with Crippen LogP contribution in [0.5, 0.6) is 0 Å². The third-order valence-electron chi connectivity index (χ3n) is 2.50. The Bertz CT molecular complexity index is 195. The standard InChI is InChI=1S/C13H25N/c1-11(2)6-8-13(5,10-14)9-7-12(3)4/h6-7H,8-10,14H2,1-5H3. The summed E-state index contributed by atoms with van der Waals surface area (Å²) in [4.78, 5) is 0. The molecular weight excluding hydrogens is 170 g/mol. The Morgan fingerprint density at radius 2 is 1.36 bits per heavy atom. The van der Waals surface area contributed by atoms with Gasteiger partial charge in [-0.2, -0.15) is 0 Å². The van der Waals surface area contributed by atoms with Gasteiger partial charge in [-0.05, 0) is 52.5 Å². The molecule has 0 aliphatic carbocycles. The normalized spacial score (nSPS) is 11.0. The van der Waals surface area contributed by atoms with Crippen LogP contribution < -0.4 is 5.73 Å². The lowest BCUT2D eigenvalue weighted by Gasteiger charge is -2.25. The number of allylic oxidation sites excluding steroid dienone is 4. The van der Waals surface area contributed by atoms with Gasteiger partial charge in [0.2, 0.25) is 0 Å². The molecule has 0 saturated carbocycles. The average molecular weight is 195 g/mol. The molecule has 0 radical (unpaired) electrons. The summed E-state index contributed by atoms with van der Waals surface area (Å²) >= 11 is 0. The van der Waals surface area contributed by atoms with Crippen LogP contribution in [-0.4, -0.2) is 6.54 Å². The molecule has 0 aromatic heterocycles. The van der Waals surface area contributed by atoms with Crippen LogP contribution in [0.1, 0.15) is 47.5 Å². The van der Waals surface area contributed by atoms with Gasteiger partial charge in [-0.15, -0.1) is 0 Å². The molecule has 0 fully saturated rings. The number of hydrogen-bond acceptors (Lipinski definition) is 1. The zero-order chi connectivity index (χ0) is 11.2. The molecular formula is C13H25N. The zero-order valence-electron chi connectivity index (χ0n) is 10.4. The van der Waals surface area contributed by atoms with Gasteiger partial charge in [0.1, 0.15) is 0 Å². The van der Waals surface area contributed by atoms with Crippen LogP contribution in [0.15, 0.2) is 23.3 Å². The third kappa shape index (κ3) is 5.98. The molecule has 0 atom stereocenters. The summed E-state index contributed by atoms with van der Waals surface area (Å²) in [6, 6.07) is 0. The van der Waals surface area contributed by atoms with E-state index in [0.717, 1.165) is 19.4 Å². The van der Waals surface area contributed by atoms with Gasteiger partial charge in [-0.25, -0.2) is 0 Å². The lowest BCUT2D eigenvalue weighted by molar-refractivity contribution is 0.344. The molecule has 1 heteroatoms. The van der Waals surface area contributed by atoms with E-state index in [4.69, 9.17) is 5.73 Å². The second-order valence-corrected chi connectivity index (χ2v) is 4.99. The van der Waals surface area contributed by atoms with Crippen LogP contribution in [0.4, 0.5) is 0 Å². The molecule has 0 aromatic carbocycles. The first-order valence-corrected chi connectivity index (χ1v) is 5.36. The fourth-order valence-corrected chi connectivity index (χ4v) is 1.15. The Kier molecular flexibility index (Phi) is 5.78. The van der Waals surface area contributed by atoms with E-state index in [-0.39, 0.29) is 5.41 Å². The molecule has 0 rings (SSSR count). The van der Waals surface area contributed by atoms with Gasteiger partial charge < -0.3 is 5.73 Å². The second kappa shape index (κ2) is 6.02. The van der Waals surface area contributed by atoms with Gasteiger partial charge in [-0.3, -0.25) is 0 Å². The summed E-state index contributed by atoms with van der Waals surface area (Å²) in [6.07, 6.45) is 6.72. The molecule has 0 unspecified atom stereocenters. The van der Waals surface area contributed by atoms with Crippen LogP contribution in [0.3, 0.4) is 0 Å². The third-order valence-corrected chi connectivity index (χ3v) is 2.50. The van der Waals surface area contributed by atoms with Gasteiger partial charge in [-0.1, -0.05) is 30.2 Å². The van der Waals surface area contributed by atoms with E-state index < -0.39 is 0 Å². The molecule has 0 saturated heterocycles. The molecule has 82 valence electrons. The second-order valence-electron chi connectivity index (χ2n) is 4.99. The topological polar surface area (TPSA) is 26.0 Å². The fraction of sp³-hybridized carbons (Fsp3) is 0.692. The highest BCUT2D eigenvalue weighted by Crippen LogP contribution is 2.26. The lowest BCUT2D eigenvalue weighted by atomic mass is 9.82. The summed E-state index contributed by atoms with van der Waals surface area (Å²) < 4.78 is 0. The molecule has 14 heavy (non-hydrogen) atoms. The molecule has 1 nitrogen and oxygen atoms in total. The van der Waals surface area contributed by atoms with Gasteiger partial charge in [0.05, 0.1) is 0 Å². The van der Waals surface area contributed by atoms with Crippen molar-refractivity contribution < 1.29 is 0 Å². The van der Waals surface area contributed by atoms with Crippen molar-refractivity contribution in [2.45, 2.75) is 47.5 Å². The van der Waals surface area contributed by atoms with Crippen LogP contribution in [0.25, 0.3) is 0 Å². The highest BCUT2D eigenvalue weighted by atomic mass is 14.6. The number of hydrogen-bond donors (Lipinski definition) is 1. The first kappa shape index (κ1) is 13.4. The maximum atomic E-state index is 5.82. The van der Waals surface area contributed by atoms with Gasteiger partial charge in [0, 0.05) is 0 Å². The van der Waals surface area contributed by atoms with Crippen molar-refractivity contribution >= 4 is 0 Å². The monoisotopic (exact) mass is 195 g/mol. The molecule has 0 spiro atoms. The Morgan fingerprint density at radius 1 is 1.00 bits per heavy atom. The largest absolute Gasteiger partial charge is 0.330 e. The molecule has 0 aliphatic rings. The van der Waals surface area contributed by atoms with Crippen LogP contribution in [0.2, 0.25) is 0 Å². The van der Waals surface area contributed by atoms with E-state index in [2.05, 4.69) is 46.8 Å². The lowest BCUT2D eigenvalue weighted by Crippen LogP contribution is -2.26. The van der Waals surface area contributed by atoms with Crippen molar-refractivity contribution in [2.75, 3.05) is 6.54 Å². The Balaban J connectivity index is 4.32. The van der Waals surface area contributed by atoms with E-state index in [1.165, 1.54) is 11.1 Å². The van der Waals surface area contributed by atoms with Crippen molar-refractivity contribution in [3.8, 4) is 0 Å². The summed E-state index contributed by atoms with van der Waals surface area (Å²) in [7, 11) is 0. The van der Waals surface area contributed by atoms with Crippen LogP contribution in [0, 0.1) is 5.41 Å². The van der Waals surface area contributed by atoms with E-state index >= 15 is 0 Å². The molecule has 0 aromatic rings. The van der Waals surface area contributed by atoms with Crippen LogP contribution in [-0.2, 0) is 0 Å². The smallest absolute Gasteiger partial charge is 0.00172 e. The first-order valence-electron chi connectivity index (χ1n) is 5.36.